The van der Waals surface area contributed by atoms with E-state index in [1.165, 1.54) is 40.7 Å². The Morgan fingerprint density at radius 2 is 2.14 bits per heavy atom. The van der Waals surface area contributed by atoms with Gasteiger partial charge in [-0.3, -0.25) is 19.8 Å². The van der Waals surface area contributed by atoms with Gasteiger partial charge in [-0.1, -0.05) is 48.3 Å². The van der Waals surface area contributed by atoms with Gasteiger partial charge in [0.15, 0.2) is 10.1 Å². The number of aromatic nitrogens is 4. The monoisotopic (exact) mass is 554 g/mol. The number of thioether (sulfide) groups is 1. The fourth-order valence-electron chi connectivity index (χ4n) is 4.45. The Balaban J connectivity index is 1.45. The molecule has 3 N–H and O–H groups in total. The molecule has 1 amide bonds. The number of ketones is 1. The van der Waals surface area contributed by atoms with Crippen LogP contribution in [0.1, 0.15) is 43.4 Å². The maximum Gasteiger partial charge on any atom is 0.236 e. The SMILES string of the molecule is Cc1nnc(NC(=O)CSc2nnc(N3C(N)=C(C#N)C(c4ccco4)C4=C3CC(C)(C)CC4=O)s2)s1. The zero-order chi connectivity index (χ0) is 26.3. The van der Waals surface area contributed by atoms with Crippen LogP contribution in [0.25, 0.3) is 0 Å². The second-order valence-electron chi connectivity index (χ2n) is 9.31. The lowest BCUT2D eigenvalue weighted by Gasteiger charge is -2.42. The van der Waals surface area contributed by atoms with Crippen LogP contribution in [0.5, 0.6) is 0 Å². The minimum atomic E-state index is -0.677. The third-order valence-electron chi connectivity index (χ3n) is 5.89. The molecule has 3 aromatic rings. The fraction of sp³-hybridized carbons (Fsp3) is 0.348. The molecule has 0 saturated heterocycles. The molecule has 0 fully saturated rings. The Morgan fingerprint density at radius 1 is 1.32 bits per heavy atom. The van der Waals surface area contributed by atoms with Crippen molar-refractivity contribution < 1.29 is 14.0 Å². The average Bonchev–Trinajstić information content (AvgIpc) is 3.59. The van der Waals surface area contributed by atoms with Crippen molar-refractivity contribution in [3.8, 4) is 6.07 Å². The van der Waals surface area contributed by atoms with Crippen LogP contribution in [-0.2, 0) is 9.59 Å². The van der Waals surface area contributed by atoms with Crippen LogP contribution < -0.4 is 16.0 Å². The van der Waals surface area contributed by atoms with E-state index in [0.717, 1.165) is 5.01 Å². The highest BCUT2D eigenvalue weighted by Crippen LogP contribution is 2.50. The number of nitrogens with two attached hydrogens (primary N) is 1. The number of aryl methyl sites for hydroxylation is 1. The number of amides is 1. The Bertz CT molecular complexity index is 1480. The van der Waals surface area contributed by atoms with E-state index >= 15 is 0 Å². The van der Waals surface area contributed by atoms with E-state index in [9.17, 15) is 14.9 Å². The molecule has 2 aliphatic rings. The summed E-state index contributed by atoms with van der Waals surface area (Å²) in [7, 11) is 0. The number of carbonyl (C=O) groups is 2. The van der Waals surface area contributed by atoms with Crippen LogP contribution in [0.4, 0.5) is 10.3 Å². The van der Waals surface area contributed by atoms with Gasteiger partial charge in [0.05, 0.1) is 29.6 Å². The molecule has 190 valence electrons. The molecule has 1 unspecified atom stereocenters. The van der Waals surface area contributed by atoms with Crippen LogP contribution in [0, 0.1) is 23.7 Å². The summed E-state index contributed by atoms with van der Waals surface area (Å²) in [6.07, 6.45) is 2.41. The van der Waals surface area contributed by atoms with E-state index in [2.05, 4.69) is 31.8 Å². The van der Waals surface area contributed by atoms with Gasteiger partial charge in [0.25, 0.3) is 0 Å². The molecule has 37 heavy (non-hydrogen) atoms. The van der Waals surface area contributed by atoms with E-state index < -0.39 is 5.92 Å². The summed E-state index contributed by atoms with van der Waals surface area (Å²) in [5.41, 5.74) is 7.67. The lowest BCUT2D eigenvalue weighted by molar-refractivity contribution is -0.118. The van der Waals surface area contributed by atoms with E-state index in [1.54, 1.807) is 17.0 Å². The number of anilines is 2. The molecule has 0 radical (unpaired) electrons. The van der Waals surface area contributed by atoms with Crippen molar-refractivity contribution in [1.82, 2.24) is 20.4 Å². The van der Waals surface area contributed by atoms with Crippen molar-refractivity contribution in [2.45, 2.75) is 43.9 Å². The summed E-state index contributed by atoms with van der Waals surface area (Å²) >= 11 is 3.74. The molecular formula is C23H22N8O3S3. The number of furan rings is 1. The van der Waals surface area contributed by atoms with Crippen molar-refractivity contribution in [2.75, 3.05) is 16.0 Å². The third kappa shape index (κ3) is 4.89. The molecule has 14 heteroatoms. The molecule has 0 aromatic carbocycles. The number of nitrogens with zero attached hydrogens (tertiary/aromatic N) is 6. The van der Waals surface area contributed by atoms with Gasteiger partial charge in [0.1, 0.15) is 16.6 Å². The van der Waals surface area contributed by atoms with Gasteiger partial charge in [0.2, 0.25) is 16.2 Å². The highest BCUT2D eigenvalue weighted by molar-refractivity contribution is 8.01. The number of Topliss-reactive ketones (excluding diaryl/α,β-unsaturated/α-hetero) is 1. The maximum absolute atomic E-state index is 13.4. The summed E-state index contributed by atoms with van der Waals surface area (Å²) in [4.78, 5) is 27.4. The van der Waals surface area contributed by atoms with Crippen molar-refractivity contribution >= 4 is 56.4 Å². The van der Waals surface area contributed by atoms with Gasteiger partial charge in [-0.25, -0.2) is 0 Å². The Kier molecular flexibility index (Phi) is 6.61. The Labute approximate surface area is 224 Å². The predicted molar refractivity (Wildman–Crippen MR) is 140 cm³/mol. The lowest BCUT2D eigenvalue weighted by atomic mass is 9.69. The molecule has 0 bridgehead atoms. The number of rotatable bonds is 6. The van der Waals surface area contributed by atoms with Gasteiger partial charge < -0.3 is 10.2 Å². The van der Waals surface area contributed by atoms with Gasteiger partial charge in [-0.2, -0.15) is 5.26 Å². The van der Waals surface area contributed by atoms with Crippen LogP contribution >= 0.6 is 34.4 Å². The van der Waals surface area contributed by atoms with Crippen molar-refractivity contribution in [1.29, 1.82) is 5.26 Å². The number of hydrogen-bond acceptors (Lipinski definition) is 13. The molecular weight excluding hydrogens is 533 g/mol. The minimum absolute atomic E-state index is 0.0550. The average molecular weight is 555 g/mol. The summed E-state index contributed by atoms with van der Waals surface area (Å²) in [5.74, 6) is -0.199. The Hall–Kier alpha value is -3.54. The predicted octanol–water partition coefficient (Wildman–Crippen LogP) is 3.96. The molecule has 0 spiro atoms. The smallest absolute Gasteiger partial charge is 0.236 e. The molecule has 4 heterocycles. The standard InChI is InChI=1S/C23H22N8O3S3/c1-11-27-28-20(36-11)26-16(33)10-35-22-30-29-21(37-22)31-13-7-23(2,3)8-14(32)18(13)17(12(9-24)19(31)25)15-5-4-6-34-15/h4-6,17H,7-8,10,25H2,1-3H3,(H,26,28,33). The summed E-state index contributed by atoms with van der Waals surface area (Å²) in [6, 6.07) is 5.66. The van der Waals surface area contributed by atoms with E-state index in [4.69, 9.17) is 10.2 Å². The van der Waals surface area contributed by atoms with E-state index in [-0.39, 0.29) is 34.3 Å². The fourth-order valence-corrected chi connectivity index (χ4v) is 6.74. The van der Waals surface area contributed by atoms with Crippen LogP contribution in [-0.4, -0.2) is 37.8 Å². The van der Waals surface area contributed by atoms with Crippen LogP contribution in [0.2, 0.25) is 0 Å². The first-order valence-corrected chi connectivity index (χ1v) is 13.8. The van der Waals surface area contributed by atoms with E-state index in [1.807, 2.05) is 20.8 Å². The summed E-state index contributed by atoms with van der Waals surface area (Å²) < 4.78 is 6.17. The zero-order valence-corrected chi connectivity index (χ0v) is 22.6. The topological polar surface area (TPSA) is 164 Å². The van der Waals surface area contributed by atoms with Crippen LogP contribution in [0.3, 0.4) is 0 Å². The second kappa shape index (κ2) is 9.73. The largest absolute Gasteiger partial charge is 0.468 e. The molecule has 1 aliphatic heterocycles. The molecule has 11 nitrogen and oxygen atoms in total. The zero-order valence-electron chi connectivity index (χ0n) is 20.1. The summed E-state index contributed by atoms with van der Waals surface area (Å²) in [6.45, 7) is 5.85. The maximum atomic E-state index is 13.4. The van der Waals surface area contributed by atoms with Crippen molar-refractivity contribution in [2.24, 2.45) is 11.1 Å². The number of carbonyl (C=O) groups excluding carboxylic acids is 2. The highest BCUT2D eigenvalue weighted by atomic mass is 32.2. The molecule has 0 saturated carbocycles. The van der Waals surface area contributed by atoms with Crippen molar-refractivity contribution in [3.05, 3.63) is 51.8 Å². The minimum Gasteiger partial charge on any atom is -0.468 e. The first-order chi connectivity index (χ1) is 17.7. The number of hydrogen-bond donors (Lipinski definition) is 2. The van der Waals surface area contributed by atoms with Gasteiger partial charge in [-0.05, 0) is 30.9 Å². The van der Waals surface area contributed by atoms with Gasteiger partial charge in [0, 0.05) is 17.7 Å². The van der Waals surface area contributed by atoms with Gasteiger partial charge in [-0.15, -0.1) is 20.4 Å². The normalized spacial score (nSPS) is 19.1. The molecule has 1 aliphatic carbocycles. The molecule has 5 rings (SSSR count). The number of nitriles is 1. The van der Waals surface area contributed by atoms with Crippen LogP contribution in [0.15, 0.2) is 49.8 Å². The molecule has 3 aromatic heterocycles. The van der Waals surface area contributed by atoms with E-state index in [0.29, 0.717) is 44.5 Å². The first kappa shape index (κ1) is 25.1. The number of nitrogens with one attached hydrogen (secondary N) is 1. The highest BCUT2D eigenvalue weighted by Gasteiger charge is 2.46. The lowest BCUT2D eigenvalue weighted by Crippen LogP contribution is -2.42. The third-order valence-corrected chi connectivity index (χ3v) is 8.69. The quantitative estimate of drug-likeness (QED) is 0.424. The van der Waals surface area contributed by atoms with Crippen molar-refractivity contribution in [3.63, 3.8) is 0 Å². The number of allylic oxidation sites excluding steroid dienone is 3. The summed E-state index contributed by atoms with van der Waals surface area (Å²) in [5, 5.41) is 30.7. The first-order valence-electron chi connectivity index (χ1n) is 11.2. The van der Waals surface area contributed by atoms with Gasteiger partial charge >= 0.3 is 0 Å². The Morgan fingerprint density at radius 3 is 2.81 bits per heavy atom. The second-order valence-corrected chi connectivity index (χ2v) is 12.7. The molecule has 1 atom stereocenters.